The minimum absolute atomic E-state index is 0.196. The van der Waals surface area contributed by atoms with Crippen LogP contribution < -0.4 is 5.32 Å². The van der Waals surface area contributed by atoms with Crippen molar-refractivity contribution in [1.29, 1.82) is 5.26 Å². The van der Waals surface area contributed by atoms with Gasteiger partial charge in [-0.05, 0) is 18.8 Å². The zero-order valence-electron chi connectivity index (χ0n) is 14.7. The Morgan fingerprint density at radius 1 is 1.24 bits per heavy atom. The van der Waals surface area contributed by atoms with Gasteiger partial charge in [-0.3, -0.25) is 4.79 Å². The Hall–Kier alpha value is -2.19. The molecular weight excluding hydrogens is 330 g/mol. The summed E-state index contributed by atoms with van der Waals surface area (Å²) >= 11 is 1.51. The number of nitrogens with zero attached hydrogens (tertiary/aromatic N) is 2. The van der Waals surface area contributed by atoms with Gasteiger partial charge in [-0.25, -0.2) is 4.98 Å². The molecule has 0 unspecified atom stereocenters. The van der Waals surface area contributed by atoms with Crippen molar-refractivity contribution in [3.63, 3.8) is 0 Å². The van der Waals surface area contributed by atoms with E-state index in [9.17, 15) is 10.1 Å². The van der Waals surface area contributed by atoms with Crippen molar-refractivity contribution >= 4 is 22.4 Å². The average Bonchev–Trinajstić information content (AvgIpc) is 3.07. The first-order valence-electron chi connectivity index (χ1n) is 8.84. The fourth-order valence-corrected chi connectivity index (χ4v) is 4.33. The van der Waals surface area contributed by atoms with E-state index in [2.05, 4.69) is 30.2 Å². The van der Waals surface area contributed by atoms with Crippen LogP contribution in [0.5, 0.6) is 0 Å². The molecule has 1 amide bonds. The van der Waals surface area contributed by atoms with Gasteiger partial charge in [0.15, 0.2) is 5.13 Å². The highest BCUT2D eigenvalue weighted by atomic mass is 32.1. The molecule has 4 nitrogen and oxygen atoms in total. The Morgan fingerprint density at radius 3 is 2.52 bits per heavy atom. The van der Waals surface area contributed by atoms with Crippen LogP contribution in [-0.2, 0) is 4.79 Å². The Morgan fingerprint density at radius 2 is 1.92 bits per heavy atom. The van der Waals surface area contributed by atoms with E-state index >= 15 is 0 Å². The van der Waals surface area contributed by atoms with Gasteiger partial charge in [0.2, 0.25) is 5.91 Å². The summed E-state index contributed by atoms with van der Waals surface area (Å²) in [6, 6.07) is 12.3. The summed E-state index contributed by atoms with van der Waals surface area (Å²) in [5.41, 5.74) is 1.08. The van der Waals surface area contributed by atoms with E-state index < -0.39 is 5.41 Å². The number of aromatic nitrogens is 1. The van der Waals surface area contributed by atoms with E-state index in [1.165, 1.54) is 11.3 Å². The fourth-order valence-electron chi connectivity index (χ4n) is 3.34. The molecular formula is C20H23N3OS. The molecule has 5 heteroatoms. The molecule has 1 fully saturated rings. The zero-order chi connectivity index (χ0) is 17.9. The molecule has 1 aromatic heterocycles. The number of rotatable bonds is 4. The molecule has 1 saturated carbocycles. The largest absolute Gasteiger partial charge is 0.301 e. The molecule has 130 valence electrons. The van der Waals surface area contributed by atoms with Gasteiger partial charge in [-0.15, -0.1) is 11.3 Å². The van der Waals surface area contributed by atoms with Crippen molar-refractivity contribution in [3.05, 3.63) is 35.2 Å². The number of hydrogen-bond acceptors (Lipinski definition) is 4. The molecule has 0 bridgehead atoms. The molecule has 25 heavy (non-hydrogen) atoms. The second-order valence-corrected chi connectivity index (χ2v) is 7.99. The third-order valence-electron chi connectivity index (χ3n) is 4.80. The van der Waals surface area contributed by atoms with Gasteiger partial charge < -0.3 is 5.32 Å². The highest BCUT2D eigenvalue weighted by Gasteiger charge is 2.40. The number of nitrogens with one attached hydrogen (secondary N) is 1. The predicted molar refractivity (Wildman–Crippen MR) is 101 cm³/mol. The van der Waals surface area contributed by atoms with Crippen LogP contribution in [0.3, 0.4) is 0 Å². The normalized spacial score (nSPS) is 16.4. The first kappa shape index (κ1) is 17.6. The maximum absolute atomic E-state index is 12.8. The quantitative estimate of drug-likeness (QED) is 0.806. The average molecular weight is 353 g/mol. The topological polar surface area (TPSA) is 65.8 Å². The van der Waals surface area contributed by atoms with Crippen LogP contribution in [-0.4, -0.2) is 10.9 Å². The van der Waals surface area contributed by atoms with Crippen molar-refractivity contribution in [3.8, 4) is 17.3 Å². The summed E-state index contributed by atoms with van der Waals surface area (Å²) in [7, 11) is 0. The monoisotopic (exact) mass is 353 g/mol. The highest BCUT2D eigenvalue weighted by molar-refractivity contribution is 7.16. The van der Waals surface area contributed by atoms with Gasteiger partial charge in [-0.1, -0.05) is 63.4 Å². The smallest absolute Gasteiger partial charge is 0.246 e. The van der Waals surface area contributed by atoms with Crippen LogP contribution in [0, 0.1) is 16.7 Å². The highest BCUT2D eigenvalue weighted by Crippen LogP contribution is 2.39. The van der Waals surface area contributed by atoms with Crippen molar-refractivity contribution in [2.24, 2.45) is 5.41 Å². The third-order valence-corrected chi connectivity index (χ3v) is 6.07. The molecule has 1 aliphatic rings. The number of carbonyl (C=O) groups excluding carboxylic acids is 1. The van der Waals surface area contributed by atoms with E-state index in [1.807, 2.05) is 30.3 Å². The molecule has 3 rings (SSSR count). The number of amides is 1. The lowest BCUT2D eigenvalue weighted by Crippen LogP contribution is -2.36. The van der Waals surface area contributed by atoms with Crippen LogP contribution in [0.25, 0.3) is 11.3 Å². The summed E-state index contributed by atoms with van der Waals surface area (Å²) in [4.78, 5) is 18.6. The summed E-state index contributed by atoms with van der Waals surface area (Å²) in [5, 5.41) is 13.1. The first-order valence-corrected chi connectivity index (χ1v) is 9.66. The lowest BCUT2D eigenvalue weighted by Gasteiger charge is -2.28. The standard InChI is InChI=1S/C20H23N3OS/c1-14(2)17-16(15-9-5-3-6-10-15)22-19(25-17)23-18(24)20(13-21)11-7-4-8-12-20/h3,5-6,9-10,14H,4,7-8,11-12H2,1-2H3,(H,22,23,24). The van der Waals surface area contributed by atoms with Crippen LogP contribution in [0.2, 0.25) is 0 Å². The van der Waals surface area contributed by atoms with Gasteiger partial charge in [0, 0.05) is 10.4 Å². The zero-order valence-corrected chi connectivity index (χ0v) is 15.5. The Balaban J connectivity index is 1.88. The SMILES string of the molecule is CC(C)c1sc(NC(=O)C2(C#N)CCCCC2)nc1-c1ccccc1. The lowest BCUT2D eigenvalue weighted by atomic mass is 9.74. The number of hydrogen-bond donors (Lipinski definition) is 1. The lowest BCUT2D eigenvalue weighted by molar-refractivity contribution is -0.124. The van der Waals surface area contributed by atoms with Crippen LogP contribution in [0.4, 0.5) is 5.13 Å². The maximum Gasteiger partial charge on any atom is 0.246 e. The molecule has 1 aliphatic carbocycles. The minimum atomic E-state index is -0.894. The molecule has 0 aliphatic heterocycles. The fraction of sp³-hybridized carbons (Fsp3) is 0.450. The Labute approximate surface area is 152 Å². The summed E-state index contributed by atoms with van der Waals surface area (Å²) in [6.07, 6.45) is 4.26. The second kappa shape index (κ2) is 7.37. The molecule has 0 atom stereocenters. The molecule has 0 radical (unpaired) electrons. The summed E-state index contributed by atoms with van der Waals surface area (Å²) in [6.45, 7) is 4.26. The Kier molecular flexibility index (Phi) is 5.19. The van der Waals surface area contributed by atoms with E-state index in [0.717, 1.165) is 35.4 Å². The maximum atomic E-state index is 12.8. The first-order chi connectivity index (χ1) is 12.1. The second-order valence-electron chi connectivity index (χ2n) is 6.96. The van der Waals surface area contributed by atoms with Crippen molar-refractivity contribution in [1.82, 2.24) is 4.98 Å². The number of nitriles is 1. The van der Waals surface area contributed by atoms with Crippen molar-refractivity contribution in [2.45, 2.75) is 51.9 Å². The van der Waals surface area contributed by atoms with Gasteiger partial charge in [0.25, 0.3) is 0 Å². The molecule has 1 aromatic carbocycles. The van der Waals surface area contributed by atoms with Crippen LogP contribution >= 0.6 is 11.3 Å². The number of thiazole rings is 1. The van der Waals surface area contributed by atoms with E-state index in [-0.39, 0.29) is 5.91 Å². The van der Waals surface area contributed by atoms with Crippen LogP contribution in [0.15, 0.2) is 30.3 Å². The van der Waals surface area contributed by atoms with Gasteiger partial charge in [-0.2, -0.15) is 5.26 Å². The number of benzene rings is 1. The molecule has 1 heterocycles. The molecule has 0 saturated heterocycles. The van der Waals surface area contributed by atoms with E-state index in [0.29, 0.717) is 23.9 Å². The summed E-state index contributed by atoms with van der Waals surface area (Å²) in [5.74, 6) is 0.122. The predicted octanol–water partition coefficient (Wildman–Crippen LogP) is 5.35. The number of anilines is 1. The van der Waals surface area contributed by atoms with Gasteiger partial charge >= 0.3 is 0 Å². The molecule has 2 aromatic rings. The van der Waals surface area contributed by atoms with Crippen molar-refractivity contribution in [2.75, 3.05) is 5.32 Å². The van der Waals surface area contributed by atoms with E-state index in [1.54, 1.807) is 0 Å². The Bertz CT molecular complexity index is 783. The van der Waals surface area contributed by atoms with E-state index in [4.69, 9.17) is 0 Å². The molecule has 0 spiro atoms. The van der Waals surface area contributed by atoms with Gasteiger partial charge in [0.1, 0.15) is 5.41 Å². The molecule has 1 N–H and O–H groups in total. The van der Waals surface area contributed by atoms with Gasteiger partial charge in [0.05, 0.1) is 11.8 Å². The third kappa shape index (κ3) is 3.59. The summed E-state index contributed by atoms with van der Waals surface area (Å²) < 4.78 is 0. The van der Waals surface area contributed by atoms with Crippen molar-refractivity contribution < 1.29 is 4.79 Å². The minimum Gasteiger partial charge on any atom is -0.301 e. The van der Waals surface area contributed by atoms with Crippen LogP contribution in [0.1, 0.15) is 56.7 Å². The number of carbonyl (C=O) groups is 1.